The number of hydrazone groups is 1. The van der Waals surface area contributed by atoms with Crippen molar-refractivity contribution in [2.45, 2.75) is 26.7 Å². The molecule has 0 aromatic heterocycles. The summed E-state index contributed by atoms with van der Waals surface area (Å²) in [4.78, 5) is 12.1. The fourth-order valence-corrected chi connectivity index (χ4v) is 2.18. The summed E-state index contributed by atoms with van der Waals surface area (Å²) in [6, 6.07) is 15.3. The van der Waals surface area contributed by atoms with E-state index in [4.69, 9.17) is 11.6 Å². The summed E-state index contributed by atoms with van der Waals surface area (Å²) in [5.41, 5.74) is 6.17. The first-order chi connectivity index (χ1) is 10.6. The van der Waals surface area contributed by atoms with Crippen molar-refractivity contribution in [2.75, 3.05) is 0 Å². The summed E-state index contributed by atoms with van der Waals surface area (Å²) >= 11 is 6.04. The molecule has 0 fully saturated rings. The van der Waals surface area contributed by atoms with Crippen LogP contribution in [0, 0.1) is 6.92 Å². The summed E-state index contributed by atoms with van der Waals surface area (Å²) in [6.07, 6.45) is 1.51. The maximum Gasteiger partial charge on any atom is 0.271 e. The lowest BCUT2D eigenvalue weighted by atomic mass is 10.1. The van der Waals surface area contributed by atoms with E-state index in [0.29, 0.717) is 10.6 Å². The third-order valence-electron chi connectivity index (χ3n) is 3.41. The Morgan fingerprint density at radius 1 is 1.18 bits per heavy atom. The second-order valence-electron chi connectivity index (χ2n) is 5.10. The van der Waals surface area contributed by atoms with Gasteiger partial charge in [-0.25, -0.2) is 5.43 Å². The minimum Gasteiger partial charge on any atom is -0.267 e. The Morgan fingerprint density at radius 3 is 2.55 bits per heavy atom. The molecular formula is C18H19ClN2O. The van der Waals surface area contributed by atoms with Gasteiger partial charge in [-0.05, 0) is 36.6 Å². The Labute approximate surface area is 136 Å². The van der Waals surface area contributed by atoms with E-state index in [1.807, 2.05) is 50.2 Å². The van der Waals surface area contributed by atoms with E-state index in [9.17, 15) is 4.79 Å². The fourth-order valence-electron chi connectivity index (χ4n) is 2.00. The van der Waals surface area contributed by atoms with Crippen molar-refractivity contribution in [3.8, 4) is 0 Å². The number of hydrogen-bond donors (Lipinski definition) is 1. The maximum atomic E-state index is 12.1. The number of nitrogens with zero attached hydrogens (tertiary/aromatic N) is 1. The third kappa shape index (κ3) is 4.43. The van der Waals surface area contributed by atoms with E-state index in [2.05, 4.69) is 10.5 Å². The van der Waals surface area contributed by atoms with Crippen LogP contribution in [0.25, 0.3) is 0 Å². The van der Waals surface area contributed by atoms with E-state index >= 15 is 0 Å². The molecule has 0 radical (unpaired) electrons. The van der Waals surface area contributed by atoms with Crippen LogP contribution in [0.4, 0.5) is 0 Å². The summed E-state index contributed by atoms with van der Waals surface area (Å²) in [5.74, 6) is -0.249. The predicted molar refractivity (Wildman–Crippen MR) is 91.5 cm³/mol. The van der Waals surface area contributed by atoms with Gasteiger partial charge in [0.15, 0.2) is 0 Å². The van der Waals surface area contributed by atoms with Crippen LogP contribution in [0.3, 0.4) is 0 Å². The van der Waals surface area contributed by atoms with E-state index < -0.39 is 0 Å². The van der Waals surface area contributed by atoms with Crippen molar-refractivity contribution in [1.29, 1.82) is 0 Å². The van der Waals surface area contributed by atoms with Crippen LogP contribution in [0.1, 0.15) is 34.8 Å². The second kappa shape index (κ2) is 7.76. The van der Waals surface area contributed by atoms with Crippen LogP contribution < -0.4 is 5.43 Å². The van der Waals surface area contributed by atoms with Crippen LogP contribution >= 0.6 is 11.6 Å². The number of hydrogen-bond acceptors (Lipinski definition) is 2. The van der Waals surface area contributed by atoms with Crippen LogP contribution in [-0.2, 0) is 6.42 Å². The van der Waals surface area contributed by atoms with Gasteiger partial charge in [0.05, 0.1) is 0 Å². The average Bonchev–Trinajstić information content (AvgIpc) is 2.54. The Morgan fingerprint density at radius 2 is 1.91 bits per heavy atom. The zero-order valence-corrected chi connectivity index (χ0v) is 13.5. The van der Waals surface area contributed by atoms with E-state index in [-0.39, 0.29) is 5.91 Å². The molecule has 2 aromatic rings. The van der Waals surface area contributed by atoms with Gasteiger partial charge < -0.3 is 0 Å². The molecule has 0 aliphatic rings. The fraction of sp³-hybridized carbons (Fsp3) is 0.222. The van der Waals surface area contributed by atoms with E-state index in [1.54, 1.807) is 12.1 Å². The van der Waals surface area contributed by atoms with E-state index in [1.165, 1.54) is 5.56 Å². The van der Waals surface area contributed by atoms with Gasteiger partial charge in [0.2, 0.25) is 0 Å². The van der Waals surface area contributed by atoms with Gasteiger partial charge in [0, 0.05) is 22.7 Å². The molecule has 0 atom stereocenters. The van der Waals surface area contributed by atoms with Crippen molar-refractivity contribution < 1.29 is 4.79 Å². The largest absolute Gasteiger partial charge is 0.271 e. The zero-order chi connectivity index (χ0) is 15.9. The molecule has 22 heavy (non-hydrogen) atoms. The topological polar surface area (TPSA) is 41.5 Å². The van der Waals surface area contributed by atoms with Crippen LogP contribution in [0.5, 0.6) is 0 Å². The van der Waals surface area contributed by atoms with Gasteiger partial charge in [0.1, 0.15) is 0 Å². The number of amides is 1. The molecule has 0 heterocycles. The Balaban J connectivity index is 2.04. The quantitative estimate of drug-likeness (QED) is 0.645. The molecule has 2 rings (SSSR count). The highest BCUT2D eigenvalue weighted by atomic mass is 35.5. The van der Waals surface area contributed by atoms with Gasteiger partial charge >= 0.3 is 0 Å². The monoisotopic (exact) mass is 314 g/mol. The van der Waals surface area contributed by atoms with Crippen molar-refractivity contribution >= 4 is 23.2 Å². The molecule has 0 spiro atoms. The number of aryl methyl sites for hydroxylation is 1. The predicted octanol–water partition coefficient (Wildman–Crippen LogP) is 4.39. The molecule has 2 aromatic carbocycles. The normalized spacial score (nSPS) is 11.3. The van der Waals surface area contributed by atoms with Crippen molar-refractivity contribution in [3.05, 3.63) is 70.2 Å². The first-order valence-electron chi connectivity index (χ1n) is 7.26. The Hall–Kier alpha value is -2.13. The van der Waals surface area contributed by atoms with Gasteiger partial charge in [-0.2, -0.15) is 5.10 Å². The minimum atomic E-state index is -0.249. The minimum absolute atomic E-state index is 0.249. The smallest absolute Gasteiger partial charge is 0.267 e. The highest BCUT2D eigenvalue weighted by Gasteiger charge is 2.07. The number of carbonyl (C=O) groups excluding carboxylic acids is 1. The molecule has 0 unspecified atom stereocenters. The summed E-state index contributed by atoms with van der Waals surface area (Å²) in [5, 5.41) is 4.82. The van der Waals surface area contributed by atoms with Crippen molar-refractivity contribution in [1.82, 2.24) is 5.43 Å². The average molecular weight is 315 g/mol. The van der Waals surface area contributed by atoms with E-state index in [0.717, 1.165) is 24.1 Å². The van der Waals surface area contributed by atoms with Gasteiger partial charge in [-0.15, -0.1) is 0 Å². The number of nitrogens with one attached hydrogen (secondary N) is 1. The molecule has 0 bridgehead atoms. The second-order valence-corrected chi connectivity index (χ2v) is 5.51. The van der Waals surface area contributed by atoms with Crippen LogP contribution in [-0.4, -0.2) is 11.6 Å². The first kappa shape index (κ1) is 16.2. The zero-order valence-electron chi connectivity index (χ0n) is 12.8. The Kier molecular flexibility index (Phi) is 5.73. The Bertz CT molecular complexity index is 681. The third-order valence-corrected chi connectivity index (χ3v) is 3.82. The molecule has 0 saturated carbocycles. The summed E-state index contributed by atoms with van der Waals surface area (Å²) in [6.45, 7) is 3.92. The standard InChI is InChI=1S/C18H19ClN2O/c1-3-16(11-14-7-5-4-6-8-14)20-21-18(22)15-10-9-13(2)17(19)12-15/h4-10,12H,3,11H2,1-2H3,(H,21,22)/b20-16+. The van der Waals surface area contributed by atoms with Crippen LogP contribution in [0.15, 0.2) is 53.6 Å². The molecule has 0 aliphatic heterocycles. The number of rotatable bonds is 5. The lowest BCUT2D eigenvalue weighted by Crippen LogP contribution is -2.20. The number of halogens is 1. The van der Waals surface area contributed by atoms with Crippen molar-refractivity contribution in [3.63, 3.8) is 0 Å². The number of benzene rings is 2. The molecule has 0 aliphatic carbocycles. The summed E-state index contributed by atoms with van der Waals surface area (Å²) < 4.78 is 0. The van der Waals surface area contributed by atoms with Gasteiger partial charge in [-0.1, -0.05) is 54.9 Å². The SMILES string of the molecule is CC/C(Cc1ccccc1)=N\NC(=O)c1ccc(C)c(Cl)c1. The highest BCUT2D eigenvalue weighted by molar-refractivity contribution is 6.31. The molecule has 1 amide bonds. The molecule has 0 saturated heterocycles. The van der Waals surface area contributed by atoms with Crippen molar-refractivity contribution in [2.24, 2.45) is 5.10 Å². The lowest BCUT2D eigenvalue weighted by Gasteiger charge is -2.06. The molecule has 114 valence electrons. The van der Waals surface area contributed by atoms with Crippen LogP contribution in [0.2, 0.25) is 5.02 Å². The van der Waals surface area contributed by atoms with Gasteiger partial charge in [0.25, 0.3) is 5.91 Å². The highest BCUT2D eigenvalue weighted by Crippen LogP contribution is 2.16. The maximum absolute atomic E-state index is 12.1. The molecule has 3 nitrogen and oxygen atoms in total. The summed E-state index contributed by atoms with van der Waals surface area (Å²) in [7, 11) is 0. The first-order valence-corrected chi connectivity index (χ1v) is 7.63. The number of carbonyl (C=O) groups is 1. The molecule has 4 heteroatoms. The lowest BCUT2D eigenvalue weighted by molar-refractivity contribution is 0.0954. The molecular weight excluding hydrogens is 296 g/mol. The molecule has 1 N–H and O–H groups in total. The van der Waals surface area contributed by atoms with Gasteiger partial charge in [-0.3, -0.25) is 4.79 Å².